The Balaban J connectivity index is 1.52. The van der Waals surface area contributed by atoms with E-state index in [4.69, 9.17) is 20.9 Å². The zero-order valence-electron chi connectivity index (χ0n) is 16.4. The molecule has 9 heteroatoms. The van der Waals surface area contributed by atoms with Gasteiger partial charge in [0.05, 0.1) is 12.7 Å². The van der Waals surface area contributed by atoms with Crippen molar-refractivity contribution in [1.82, 2.24) is 14.7 Å². The van der Waals surface area contributed by atoms with Crippen molar-refractivity contribution in [2.45, 2.75) is 6.54 Å². The van der Waals surface area contributed by atoms with Crippen LogP contribution in [0.15, 0.2) is 76.2 Å². The number of carbonyl (C=O) groups excluding carboxylic acids is 1. The van der Waals surface area contributed by atoms with Gasteiger partial charge in [-0.15, -0.1) is 0 Å². The van der Waals surface area contributed by atoms with E-state index < -0.39 is 0 Å². The van der Waals surface area contributed by atoms with Gasteiger partial charge in [0.2, 0.25) is 11.7 Å². The number of halogens is 1. The van der Waals surface area contributed by atoms with Crippen molar-refractivity contribution < 1.29 is 14.1 Å². The molecule has 0 saturated carbocycles. The summed E-state index contributed by atoms with van der Waals surface area (Å²) < 4.78 is 11.7. The molecule has 0 aliphatic rings. The summed E-state index contributed by atoms with van der Waals surface area (Å²) in [5, 5.41) is 7.31. The van der Waals surface area contributed by atoms with Crippen molar-refractivity contribution in [3.63, 3.8) is 0 Å². The first-order valence-corrected chi connectivity index (χ1v) is 9.64. The maximum absolute atomic E-state index is 12.4. The van der Waals surface area contributed by atoms with E-state index in [1.807, 2.05) is 0 Å². The number of aromatic nitrogens is 3. The summed E-state index contributed by atoms with van der Waals surface area (Å²) in [5.74, 6) is 0.872. The number of ether oxygens (including phenoxy) is 1. The third-order valence-corrected chi connectivity index (χ3v) is 4.68. The lowest BCUT2D eigenvalue weighted by molar-refractivity contribution is -0.116. The van der Waals surface area contributed by atoms with Gasteiger partial charge in [0.25, 0.3) is 11.4 Å². The molecule has 0 saturated heterocycles. The van der Waals surface area contributed by atoms with Gasteiger partial charge in [-0.25, -0.2) is 0 Å². The van der Waals surface area contributed by atoms with Crippen LogP contribution in [0.5, 0.6) is 5.75 Å². The molecule has 0 spiro atoms. The van der Waals surface area contributed by atoms with Gasteiger partial charge in [0.15, 0.2) is 0 Å². The quantitative estimate of drug-likeness (QED) is 0.492. The standard InChI is InChI=1S/C22H17ClN4O4/c1-30-18-4-2-3-17(11-18)24-19(28)13-27-12-15(7-10-20(27)29)22-25-21(26-31-22)14-5-8-16(23)9-6-14/h2-12H,13H2,1H3,(H,24,28). The van der Waals surface area contributed by atoms with Crippen LogP contribution in [0.25, 0.3) is 22.8 Å². The predicted molar refractivity (Wildman–Crippen MR) is 116 cm³/mol. The highest BCUT2D eigenvalue weighted by molar-refractivity contribution is 6.30. The van der Waals surface area contributed by atoms with Gasteiger partial charge in [-0.2, -0.15) is 4.98 Å². The van der Waals surface area contributed by atoms with Gasteiger partial charge in [0.1, 0.15) is 12.3 Å². The van der Waals surface area contributed by atoms with Crippen LogP contribution >= 0.6 is 11.6 Å². The normalized spacial score (nSPS) is 10.6. The number of hydrogen-bond donors (Lipinski definition) is 1. The Morgan fingerprint density at radius 2 is 1.90 bits per heavy atom. The van der Waals surface area contributed by atoms with E-state index in [9.17, 15) is 9.59 Å². The zero-order chi connectivity index (χ0) is 21.8. The van der Waals surface area contributed by atoms with Gasteiger partial charge in [0, 0.05) is 34.6 Å². The summed E-state index contributed by atoms with van der Waals surface area (Å²) in [6, 6.07) is 16.9. The molecule has 2 heterocycles. The Labute approximate surface area is 182 Å². The number of methoxy groups -OCH3 is 1. The number of rotatable bonds is 6. The lowest BCUT2D eigenvalue weighted by Crippen LogP contribution is -2.26. The third-order valence-electron chi connectivity index (χ3n) is 4.43. The smallest absolute Gasteiger partial charge is 0.259 e. The Kier molecular flexibility index (Phi) is 5.81. The molecule has 1 amide bonds. The molecule has 4 aromatic rings. The molecule has 0 aliphatic heterocycles. The van der Waals surface area contributed by atoms with E-state index in [0.717, 1.165) is 5.56 Å². The van der Waals surface area contributed by atoms with E-state index in [2.05, 4.69) is 15.5 Å². The molecule has 8 nitrogen and oxygen atoms in total. The Morgan fingerprint density at radius 1 is 1.13 bits per heavy atom. The van der Waals surface area contributed by atoms with Crippen LogP contribution in [0, 0.1) is 0 Å². The molecule has 0 aliphatic carbocycles. The third kappa shape index (κ3) is 4.81. The SMILES string of the molecule is COc1cccc(NC(=O)Cn2cc(-c3nc(-c4ccc(Cl)cc4)no3)ccc2=O)c1. The molecular weight excluding hydrogens is 420 g/mol. The summed E-state index contributed by atoms with van der Waals surface area (Å²) in [7, 11) is 1.54. The first kappa shape index (κ1) is 20.4. The van der Waals surface area contributed by atoms with Crippen molar-refractivity contribution in [3.8, 4) is 28.6 Å². The summed E-state index contributed by atoms with van der Waals surface area (Å²) in [5.41, 5.74) is 1.49. The number of carbonyl (C=O) groups is 1. The van der Waals surface area contributed by atoms with Gasteiger partial charge < -0.3 is 19.1 Å². The van der Waals surface area contributed by atoms with Gasteiger partial charge in [-0.05, 0) is 42.5 Å². The van der Waals surface area contributed by atoms with E-state index in [1.54, 1.807) is 61.7 Å². The minimum absolute atomic E-state index is 0.179. The Morgan fingerprint density at radius 3 is 2.68 bits per heavy atom. The zero-order valence-corrected chi connectivity index (χ0v) is 17.2. The minimum Gasteiger partial charge on any atom is -0.497 e. The van der Waals surface area contributed by atoms with Gasteiger partial charge >= 0.3 is 0 Å². The van der Waals surface area contributed by atoms with Crippen LogP contribution in [0.4, 0.5) is 5.69 Å². The van der Waals surface area contributed by atoms with Crippen LogP contribution in [-0.2, 0) is 11.3 Å². The van der Waals surface area contributed by atoms with Crippen molar-refractivity contribution in [1.29, 1.82) is 0 Å². The summed E-state index contributed by atoms with van der Waals surface area (Å²) in [6.45, 7) is -0.179. The minimum atomic E-state index is -0.361. The van der Waals surface area contributed by atoms with Crippen LogP contribution < -0.4 is 15.6 Å². The van der Waals surface area contributed by atoms with Crippen molar-refractivity contribution in [3.05, 3.63) is 82.2 Å². The fourth-order valence-corrected chi connectivity index (χ4v) is 3.02. The molecule has 156 valence electrons. The second-order valence-electron chi connectivity index (χ2n) is 6.59. The van der Waals surface area contributed by atoms with E-state index >= 15 is 0 Å². The molecule has 0 atom stereocenters. The topological polar surface area (TPSA) is 99.2 Å². The van der Waals surface area contributed by atoms with Crippen molar-refractivity contribution in [2.75, 3.05) is 12.4 Å². The molecule has 1 N–H and O–H groups in total. The fourth-order valence-electron chi connectivity index (χ4n) is 2.89. The first-order valence-electron chi connectivity index (χ1n) is 9.26. The molecule has 0 bridgehead atoms. The van der Waals surface area contributed by atoms with Gasteiger partial charge in [-0.3, -0.25) is 9.59 Å². The maximum atomic E-state index is 12.4. The molecule has 31 heavy (non-hydrogen) atoms. The summed E-state index contributed by atoms with van der Waals surface area (Å²) in [4.78, 5) is 29.0. The largest absolute Gasteiger partial charge is 0.497 e. The molecule has 0 fully saturated rings. The number of pyridine rings is 1. The lowest BCUT2D eigenvalue weighted by Gasteiger charge is -2.09. The number of hydrogen-bond acceptors (Lipinski definition) is 6. The number of benzene rings is 2. The second-order valence-corrected chi connectivity index (χ2v) is 7.03. The summed E-state index contributed by atoms with van der Waals surface area (Å²) in [6.07, 6.45) is 1.51. The van der Waals surface area contributed by atoms with Crippen LogP contribution in [-0.4, -0.2) is 27.7 Å². The molecule has 4 rings (SSSR count). The average Bonchev–Trinajstić information content (AvgIpc) is 3.26. The van der Waals surface area contributed by atoms with Crippen LogP contribution in [0.1, 0.15) is 0 Å². The van der Waals surface area contributed by atoms with Crippen molar-refractivity contribution in [2.24, 2.45) is 0 Å². The fraction of sp³-hybridized carbons (Fsp3) is 0.0909. The average molecular weight is 437 g/mol. The predicted octanol–water partition coefficient (Wildman–Crippen LogP) is 3.87. The second kappa shape index (κ2) is 8.85. The number of amides is 1. The Hall–Kier alpha value is -3.91. The molecular formula is C22H17ClN4O4. The van der Waals surface area contributed by atoms with Crippen LogP contribution in [0.3, 0.4) is 0 Å². The molecule has 2 aromatic heterocycles. The molecule has 0 radical (unpaired) electrons. The number of nitrogens with one attached hydrogen (secondary N) is 1. The highest BCUT2D eigenvalue weighted by Gasteiger charge is 2.13. The number of nitrogens with zero attached hydrogens (tertiary/aromatic N) is 3. The van der Waals surface area contributed by atoms with E-state index in [1.165, 1.54) is 16.8 Å². The van der Waals surface area contributed by atoms with E-state index in [0.29, 0.717) is 27.8 Å². The first-order chi connectivity index (χ1) is 15.0. The van der Waals surface area contributed by atoms with Crippen LogP contribution in [0.2, 0.25) is 5.02 Å². The number of anilines is 1. The lowest BCUT2D eigenvalue weighted by atomic mass is 10.2. The van der Waals surface area contributed by atoms with Crippen molar-refractivity contribution >= 4 is 23.2 Å². The maximum Gasteiger partial charge on any atom is 0.259 e. The highest BCUT2D eigenvalue weighted by Crippen LogP contribution is 2.23. The summed E-state index contributed by atoms with van der Waals surface area (Å²) >= 11 is 5.90. The van der Waals surface area contributed by atoms with Gasteiger partial charge in [-0.1, -0.05) is 22.8 Å². The Bertz CT molecular complexity index is 1280. The molecule has 2 aromatic carbocycles. The monoisotopic (exact) mass is 436 g/mol. The highest BCUT2D eigenvalue weighted by atomic mass is 35.5. The molecule has 0 unspecified atom stereocenters. The van der Waals surface area contributed by atoms with E-state index in [-0.39, 0.29) is 23.9 Å².